The summed E-state index contributed by atoms with van der Waals surface area (Å²) in [6, 6.07) is 5.29. The Kier molecular flexibility index (Phi) is 6.51. The minimum absolute atomic E-state index is 0.0443. The summed E-state index contributed by atoms with van der Waals surface area (Å²) in [6.45, 7) is 4.66. The second-order valence-electron chi connectivity index (χ2n) is 4.42. The minimum Gasteiger partial charge on any atom is -0.352 e. The molecule has 0 aromatic heterocycles. The van der Waals surface area contributed by atoms with E-state index in [1.165, 1.54) is 0 Å². The predicted octanol–water partition coefficient (Wildman–Crippen LogP) is 4.03. The number of hydrogen-bond donors (Lipinski definition) is 1. The summed E-state index contributed by atoms with van der Waals surface area (Å²) < 4.78 is 0. The summed E-state index contributed by atoms with van der Waals surface area (Å²) in [6.07, 6.45) is 1.95. The summed E-state index contributed by atoms with van der Waals surface area (Å²) in [5.74, 6) is 1.03. The first-order valence-corrected chi connectivity index (χ1v) is 7.10. The van der Waals surface area contributed by atoms with E-state index in [4.69, 9.17) is 23.2 Å². The lowest BCUT2D eigenvalue weighted by Crippen LogP contribution is -2.29. The van der Waals surface area contributed by atoms with Crippen LogP contribution in [0.3, 0.4) is 0 Å². The average Bonchev–Trinajstić information content (AvgIpc) is 2.34. The monoisotopic (exact) mass is 287 g/mol. The van der Waals surface area contributed by atoms with E-state index in [-0.39, 0.29) is 5.91 Å². The third-order valence-corrected chi connectivity index (χ3v) is 3.53. The van der Waals surface area contributed by atoms with Crippen LogP contribution >= 0.6 is 23.2 Å². The Hall–Kier alpha value is -0.730. The highest BCUT2D eigenvalue weighted by Gasteiger charge is 2.11. The fraction of sp³-hybridized carbons (Fsp3) is 0.500. The number of carbonyl (C=O) groups is 1. The SMILES string of the molecule is CCC(CCCl)CNC(=O)c1ccc(Cl)cc1C. The topological polar surface area (TPSA) is 29.1 Å². The number of rotatable bonds is 6. The molecule has 0 saturated carbocycles. The van der Waals surface area contributed by atoms with Crippen molar-refractivity contribution in [1.82, 2.24) is 5.32 Å². The number of benzene rings is 1. The molecule has 0 aliphatic heterocycles. The second kappa shape index (κ2) is 7.65. The summed E-state index contributed by atoms with van der Waals surface area (Å²) in [7, 11) is 0. The zero-order valence-corrected chi connectivity index (χ0v) is 12.3. The number of amides is 1. The third kappa shape index (κ3) is 4.51. The lowest BCUT2D eigenvalue weighted by Gasteiger charge is -2.15. The Labute approximate surface area is 119 Å². The van der Waals surface area contributed by atoms with E-state index < -0.39 is 0 Å². The van der Waals surface area contributed by atoms with Gasteiger partial charge in [0, 0.05) is 23.0 Å². The van der Waals surface area contributed by atoms with Crippen molar-refractivity contribution < 1.29 is 4.79 Å². The van der Waals surface area contributed by atoms with Crippen LogP contribution in [0.2, 0.25) is 5.02 Å². The van der Waals surface area contributed by atoms with E-state index in [0.29, 0.717) is 28.9 Å². The van der Waals surface area contributed by atoms with Crippen LogP contribution in [0.25, 0.3) is 0 Å². The molecule has 1 atom stereocenters. The molecule has 1 N–H and O–H groups in total. The van der Waals surface area contributed by atoms with Crippen molar-refractivity contribution >= 4 is 29.1 Å². The highest BCUT2D eigenvalue weighted by molar-refractivity contribution is 6.30. The van der Waals surface area contributed by atoms with Crippen LogP contribution in [0.15, 0.2) is 18.2 Å². The van der Waals surface area contributed by atoms with Gasteiger partial charge in [0.25, 0.3) is 5.91 Å². The lowest BCUT2D eigenvalue weighted by molar-refractivity contribution is 0.0946. The first-order valence-electron chi connectivity index (χ1n) is 6.18. The van der Waals surface area contributed by atoms with Crippen LogP contribution in [0.4, 0.5) is 0 Å². The highest BCUT2D eigenvalue weighted by atomic mass is 35.5. The van der Waals surface area contributed by atoms with Gasteiger partial charge >= 0.3 is 0 Å². The van der Waals surface area contributed by atoms with Crippen molar-refractivity contribution in [2.75, 3.05) is 12.4 Å². The Morgan fingerprint density at radius 2 is 2.17 bits per heavy atom. The molecule has 1 rings (SSSR count). The fourth-order valence-corrected chi connectivity index (χ4v) is 2.35. The lowest BCUT2D eigenvalue weighted by atomic mass is 10.0. The molecule has 1 aromatic carbocycles. The first-order chi connectivity index (χ1) is 8.58. The molecule has 0 radical (unpaired) electrons. The summed E-state index contributed by atoms with van der Waals surface area (Å²) >= 11 is 11.6. The quantitative estimate of drug-likeness (QED) is 0.787. The van der Waals surface area contributed by atoms with Crippen LogP contribution in [0.5, 0.6) is 0 Å². The Balaban J connectivity index is 2.59. The molecule has 1 unspecified atom stereocenters. The molecule has 4 heteroatoms. The third-order valence-electron chi connectivity index (χ3n) is 3.08. The van der Waals surface area contributed by atoms with Crippen molar-refractivity contribution in [3.63, 3.8) is 0 Å². The number of halogens is 2. The largest absolute Gasteiger partial charge is 0.352 e. The van der Waals surface area contributed by atoms with Crippen LogP contribution < -0.4 is 5.32 Å². The molecule has 0 aliphatic carbocycles. The van der Waals surface area contributed by atoms with E-state index >= 15 is 0 Å². The highest BCUT2D eigenvalue weighted by Crippen LogP contribution is 2.15. The Bertz CT molecular complexity index is 407. The smallest absolute Gasteiger partial charge is 0.251 e. The van der Waals surface area contributed by atoms with Gasteiger partial charge in [-0.1, -0.05) is 24.9 Å². The normalized spacial score (nSPS) is 12.2. The fourth-order valence-electron chi connectivity index (χ4n) is 1.82. The van der Waals surface area contributed by atoms with Gasteiger partial charge < -0.3 is 5.32 Å². The van der Waals surface area contributed by atoms with Crippen LogP contribution in [0.1, 0.15) is 35.7 Å². The average molecular weight is 288 g/mol. The molecular weight excluding hydrogens is 269 g/mol. The molecule has 0 heterocycles. The summed E-state index contributed by atoms with van der Waals surface area (Å²) in [4.78, 5) is 12.0. The molecule has 0 aliphatic rings. The van der Waals surface area contributed by atoms with Gasteiger partial charge in [0.2, 0.25) is 0 Å². The first kappa shape index (κ1) is 15.3. The van der Waals surface area contributed by atoms with Gasteiger partial charge in [-0.2, -0.15) is 0 Å². The zero-order valence-electron chi connectivity index (χ0n) is 10.8. The molecule has 0 saturated heterocycles. The van der Waals surface area contributed by atoms with E-state index in [9.17, 15) is 4.79 Å². The van der Waals surface area contributed by atoms with Gasteiger partial charge in [0.1, 0.15) is 0 Å². The summed E-state index contributed by atoms with van der Waals surface area (Å²) in [5.41, 5.74) is 1.57. The standard InChI is InChI=1S/C14H19Cl2NO/c1-3-11(6-7-15)9-17-14(18)13-5-4-12(16)8-10(13)2/h4-5,8,11H,3,6-7,9H2,1-2H3,(H,17,18). The molecular formula is C14H19Cl2NO. The van der Waals surface area contributed by atoms with Crippen LogP contribution in [-0.4, -0.2) is 18.3 Å². The van der Waals surface area contributed by atoms with E-state index in [0.717, 1.165) is 18.4 Å². The summed E-state index contributed by atoms with van der Waals surface area (Å²) in [5, 5.41) is 3.60. The van der Waals surface area contributed by atoms with E-state index in [1.54, 1.807) is 18.2 Å². The maximum absolute atomic E-state index is 12.0. The molecule has 0 bridgehead atoms. The number of nitrogens with one attached hydrogen (secondary N) is 1. The maximum Gasteiger partial charge on any atom is 0.251 e. The molecule has 0 spiro atoms. The van der Waals surface area contributed by atoms with E-state index in [1.807, 2.05) is 6.92 Å². The van der Waals surface area contributed by atoms with Gasteiger partial charge in [0.15, 0.2) is 0 Å². The van der Waals surface area contributed by atoms with Gasteiger partial charge in [-0.15, -0.1) is 11.6 Å². The van der Waals surface area contributed by atoms with Crippen molar-refractivity contribution in [2.24, 2.45) is 5.92 Å². The number of alkyl halides is 1. The second-order valence-corrected chi connectivity index (χ2v) is 5.24. The van der Waals surface area contributed by atoms with E-state index in [2.05, 4.69) is 12.2 Å². The molecule has 2 nitrogen and oxygen atoms in total. The zero-order chi connectivity index (χ0) is 13.5. The van der Waals surface area contributed by atoms with Crippen molar-refractivity contribution in [3.8, 4) is 0 Å². The van der Waals surface area contributed by atoms with Crippen molar-refractivity contribution in [1.29, 1.82) is 0 Å². The van der Waals surface area contributed by atoms with Crippen LogP contribution in [-0.2, 0) is 0 Å². The van der Waals surface area contributed by atoms with Gasteiger partial charge in [-0.3, -0.25) is 4.79 Å². The molecule has 18 heavy (non-hydrogen) atoms. The molecule has 1 aromatic rings. The van der Waals surface area contributed by atoms with Gasteiger partial charge in [-0.05, 0) is 43.0 Å². The molecule has 0 fully saturated rings. The van der Waals surface area contributed by atoms with Crippen molar-refractivity contribution in [3.05, 3.63) is 34.3 Å². The Morgan fingerprint density at radius 3 is 2.72 bits per heavy atom. The van der Waals surface area contributed by atoms with Crippen LogP contribution in [0, 0.1) is 12.8 Å². The maximum atomic E-state index is 12.0. The molecule has 100 valence electrons. The Morgan fingerprint density at radius 1 is 1.44 bits per heavy atom. The minimum atomic E-state index is -0.0443. The van der Waals surface area contributed by atoms with Crippen molar-refractivity contribution in [2.45, 2.75) is 26.7 Å². The van der Waals surface area contributed by atoms with Gasteiger partial charge in [-0.25, -0.2) is 0 Å². The van der Waals surface area contributed by atoms with Gasteiger partial charge in [0.05, 0.1) is 0 Å². The number of carbonyl (C=O) groups excluding carboxylic acids is 1. The molecule has 1 amide bonds. The predicted molar refractivity (Wildman–Crippen MR) is 77.6 cm³/mol. The number of hydrogen-bond acceptors (Lipinski definition) is 1. The number of aryl methyl sites for hydroxylation is 1.